The minimum Gasteiger partial charge on any atom is -0.345 e. The van der Waals surface area contributed by atoms with E-state index in [0.29, 0.717) is 5.75 Å². The number of carbonyl (C=O) groups excluding carboxylic acids is 1. The zero-order valence-electron chi connectivity index (χ0n) is 14.3. The molecule has 130 valence electrons. The minimum absolute atomic E-state index is 0.165. The van der Waals surface area contributed by atoms with Crippen molar-refractivity contribution < 1.29 is 4.79 Å². The van der Waals surface area contributed by atoms with Crippen LogP contribution in [-0.4, -0.2) is 45.1 Å². The van der Waals surface area contributed by atoms with E-state index in [1.165, 1.54) is 0 Å². The molecule has 0 saturated heterocycles. The number of hydrogen-bond donors (Lipinski definition) is 1. The first-order valence-electron chi connectivity index (χ1n) is 8.36. The number of benzene rings is 1. The molecule has 0 unspecified atom stereocenters. The van der Waals surface area contributed by atoms with E-state index in [-0.39, 0.29) is 5.91 Å². The third-order valence-electron chi connectivity index (χ3n) is 3.99. The van der Waals surface area contributed by atoms with Crippen LogP contribution in [0, 0.1) is 0 Å². The molecule has 3 aromatic rings. The number of imidazole rings is 1. The van der Waals surface area contributed by atoms with Gasteiger partial charge < -0.3 is 9.88 Å². The lowest BCUT2D eigenvalue weighted by molar-refractivity contribution is -0.127. The number of rotatable bonds is 8. The van der Waals surface area contributed by atoms with Gasteiger partial charge in [0.1, 0.15) is 5.82 Å². The Bertz CT molecular complexity index is 785. The third-order valence-corrected chi connectivity index (χ3v) is 4.98. The van der Waals surface area contributed by atoms with Gasteiger partial charge in [-0.1, -0.05) is 18.2 Å². The van der Waals surface area contributed by atoms with Crippen LogP contribution in [0.1, 0.15) is 17.8 Å². The van der Waals surface area contributed by atoms with Crippen LogP contribution in [0.4, 0.5) is 0 Å². The standard InChI is InChI=1S/C19H22N4OS/c1-23(19(24)14-25-13-15-6-4-10-20-12-15)11-5-9-18-21-16-7-2-3-8-17(16)22-18/h2-4,6-8,10,12H,5,9,11,13-14H2,1H3,(H,21,22). The highest BCUT2D eigenvalue weighted by molar-refractivity contribution is 7.99. The maximum Gasteiger partial charge on any atom is 0.232 e. The smallest absolute Gasteiger partial charge is 0.232 e. The van der Waals surface area contributed by atoms with Gasteiger partial charge in [-0.15, -0.1) is 11.8 Å². The molecule has 0 fully saturated rings. The summed E-state index contributed by atoms with van der Waals surface area (Å²) in [5.41, 5.74) is 3.20. The van der Waals surface area contributed by atoms with Crippen molar-refractivity contribution >= 4 is 28.7 Å². The van der Waals surface area contributed by atoms with Crippen LogP contribution in [0.3, 0.4) is 0 Å². The lowest BCUT2D eigenvalue weighted by Crippen LogP contribution is -2.29. The Hall–Kier alpha value is -2.34. The van der Waals surface area contributed by atoms with Gasteiger partial charge in [-0.3, -0.25) is 9.78 Å². The molecular formula is C19H22N4OS. The molecule has 0 saturated carbocycles. The van der Waals surface area contributed by atoms with E-state index in [1.807, 2.05) is 49.6 Å². The van der Waals surface area contributed by atoms with Gasteiger partial charge in [0, 0.05) is 38.2 Å². The Morgan fingerprint density at radius 3 is 2.92 bits per heavy atom. The summed E-state index contributed by atoms with van der Waals surface area (Å²) < 4.78 is 0. The maximum atomic E-state index is 12.2. The van der Waals surface area contributed by atoms with Gasteiger partial charge in [0.05, 0.1) is 16.8 Å². The van der Waals surface area contributed by atoms with Gasteiger partial charge in [-0.05, 0) is 30.2 Å². The molecule has 1 N–H and O–H groups in total. The summed E-state index contributed by atoms with van der Waals surface area (Å²) in [4.78, 5) is 26.0. The summed E-state index contributed by atoms with van der Waals surface area (Å²) in [6, 6.07) is 12.0. The molecule has 0 atom stereocenters. The second kappa shape index (κ2) is 8.67. The molecule has 5 nitrogen and oxygen atoms in total. The second-order valence-corrected chi connectivity index (χ2v) is 6.96. The van der Waals surface area contributed by atoms with Gasteiger partial charge in [0.2, 0.25) is 5.91 Å². The Kier molecular flexibility index (Phi) is 6.06. The number of nitrogens with one attached hydrogen (secondary N) is 1. The molecule has 6 heteroatoms. The summed E-state index contributed by atoms with van der Waals surface area (Å²) in [7, 11) is 1.87. The average molecular weight is 354 g/mol. The number of aromatic amines is 1. The first-order valence-corrected chi connectivity index (χ1v) is 9.52. The number of para-hydroxylation sites is 2. The summed E-state index contributed by atoms with van der Waals surface area (Å²) in [6.07, 6.45) is 5.34. The number of carbonyl (C=O) groups is 1. The van der Waals surface area contributed by atoms with Gasteiger partial charge in [0.25, 0.3) is 0 Å². The van der Waals surface area contributed by atoms with E-state index in [1.54, 1.807) is 22.9 Å². The molecule has 0 spiro atoms. The van der Waals surface area contributed by atoms with Crippen molar-refractivity contribution in [3.8, 4) is 0 Å². The summed E-state index contributed by atoms with van der Waals surface area (Å²) in [5.74, 6) is 2.45. The van der Waals surface area contributed by atoms with Crippen LogP contribution in [0.2, 0.25) is 0 Å². The predicted octanol–water partition coefficient (Wildman–Crippen LogP) is 3.28. The lowest BCUT2D eigenvalue weighted by Gasteiger charge is -2.16. The highest BCUT2D eigenvalue weighted by Crippen LogP contribution is 2.13. The molecule has 3 rings (SSSR count). The van der Waals surface area contributed by atoms with Gasteiger partial charge >= 0.3 is 0 Å². The first kappa shape index (κ1) is 17.5. The normalized spacial score (nSPS) is 10.9. The van der Waals surface area contributed by atoms with Crippen molar-refractivity contribution in [1.82, 2.24) is 19.9 Å². The van der Waals surface area contributed by atoms with Crippen LogP contribution in [-0.2, 0) is 17.0 Å². The Balaban J connectivity index is 1.38. The van der Waals surface area contributed by atoms with Crippen LogP contribution in [0.5, 0.6) is 0 Å². The zero-order chi connectivity index (χ0) is 17.5. The minimum atomic E-state index is 0.165. The monoisotopic (exact) mass is 354 g/mol. The molecule has 0 aliphatic carbocycles. The van der Waals surface area contributed by atoms with Crippen LogP contribution in [0.15, 0.2) is 48.8 Å². The van der Waals surface area contributed by atoms with Crippen molar-refractivity contribution in [2.75, 3.05) is 19.3 Å². The fourth-order valence-electron chi connectivity index (χ4n) is 2.58. The number of hydrogen-bond acceptors (Lipinski definition) is 4. The van der Waals surface area contributed by atoms with E-state index in [0.717, 1.165) is 47.6 Å². The van der Waals surface area contributed by atoms with Gasteiger partial charge in [0.15, 0.2) is 0 Å². The number of nitrogens with zero attached hydrogens (tertiary/aromatic N) is 3. The molecule has 0 radical (unpaired) electrons. The summed E-state index contributed by atoms with van der Waals surface area (Å²) in [6.45, 7) is 0.739. The number of fused-ring (bicyclic) bond motifs is 1. The SMILES string of the molecule is CN(CCCc1nc2ccccc2[nH]1)C(=O)CSCc1cccnc1. The maximum absolute atomic E-state index is 12.2. The quantitative estimate of drug-likeness (QED) is 0.674. The Labute approximate surface area is 151 Å². The molecule has 25 heavy (non-hydrogen) atoms. The molecule has 2 heterocycles. The largest absolute Gasteiger partial charge is 0.345 e. The number of amides is 1. The number of aryl methyl sites for hydroxylation is 1. The summed E-state index contributed by atoms with van der Waals surface area (Å²) in [5, 5.41) is 0. The van der Waals surface area contributed by atoms with Crippen LogP contribution in [0.25, 0.3) is 11.0 Å². The lowest BCUT2D eigenvalue weighted by atomic mass is 10.3. The van der Waals surface area contributed by atoms with Crippen molar-refractivity contribution in [3.05, 3.63) is 60.2 Å². The van der Waals surface area contributed by atoms with E-state index in [2.05, 4.69) is 15.0 Å². The predicted molar refractivity (Wildman–Crippen MR) is 102 cm³/mol. The molecule has 0 aliphatic heterocycles. The molecule has 0 aliphatic rings. The third kappa shape index (κ3) is 5.06. The Morgan fingerprint density at radius 2 is 2.12 bits per heavy atom. The van der Waals surface area contributed by atoms with Crippen molar-refractivity contribution in [2.45, 2.75) is 18.6 Å². The van der Waals surface area contributed by atoms with Crippen molar-refractivity contribution in [3.63, 3.8) is 0 Å². The highest BCUT2D eigenvalue weighted by Gasteiger charge is 2.09. The highest BCUT2D eigenvalue weighted by atomic mass is 32.2. The molecule has 0 bridgehead atoms. The van der Waals surface area contributed by atoms with Crippen LogP contribution >= 0.6 is 11.8 Å². The van der Waals surface area contributed by atoms with Gasteiger partial charge in [-0.2, -0.15) is 0 Å². The molecule has 2 aromatic heterocycles. The van der Waals surface area contributed by atoms with E-state index in [4.69, 9.17) is 0 Å². The van der Waals surface area contributed by atoms with E-state index < -0.39 is 0 Å². The first-order chi connectivity index (χ1) is 12.2. The number of thioether (sulfide) groups is 1. The number of H-pyrrole nitrogens is 1. The number of pyridine rings is 1. The Morgan fingerprint density at radius 1 is 1.24 bits per heavy atom. The molecule has 1 amide bonds. The summed E-state index contributed by atoms with van der Waals surface area (Å²) >= 11 is 1.63. The van der Waals surface area contributed by atoms with Gasteiger partial charge in [-0.25, -0.2) is 4.98 Å². The fraction of sp³-hybridized carbons (Fsp3) is 0.316. The van der Waals surface area contributed by atoms with Crippen LogP contribution < -0.4 is 0 Å². The molecule has 1 aromatic carbocycles. The van der Waals surface area contributed by atoms with Crippen molar-refractivity contribution in [1.29, 1.82) is 0 Å². The number of aromatic nitrogens is 3. The van der Waals surface area contributed by atoms with E-state index >= 15 is 0 Å². The topological polar surface area (TPSA) is 61.9 Å². The zero-order valence-corrected chi connectivity index (χ0v) is 15.1. The van der Waals surface area contributed by atoms with Crippen molar-refractivity contribution in [2.24, 2.45) is 0 Å². The fourth-order valence-corrected chi connectivity index (χ4v) is 3.49. The molecular weight excluding hydrogens is 332 g/mol. The second-order valence-electron chi connectivity index (χ2n) is 5.97. The van der Waals surface area contributed by atoms with E-state index in [9.17, 15) is 4.79 Å². The average Bonchev–Trinajstić information content (AvgIpc) is 3.05.